The topological polar surface area (TPSA) is 60.4 Å². The maximum atomic E-state index is 12.8. The van der Waals surface area contributed by atoms with Crippen molar-refractivity contribution >= 4 is 17.5 Å². The van der Waals surface area contributed by atoms with E-state index >= 15 is 0 Å². The maximum Gasteiger partial charge on any atom is 0.324 e. The molecule has 0 heterocycles. The number of benzene rings is 1. The zero-order chi connectivity index (χ0) is 15.6. The fraction of sp³-hybridized carbons (Fsp3) is 0.471. The summed E-state index contributed by atoms with van der Waals surface area (Å²) >= 11 is 0. The quantitative estimate of drug-likeness (QED) is 0.631. The molecule has 1 aromatic carbocycles. The Hall–Kier alpha value is -1.97. The Morgan fingerprint density at radius 3 is 2.52 bits per heavy atom. The zero-order valence-corrected chi connectivity index (χ0v) is 12.6. The van der Waals surface area contributed by atoms with Crippen molar-refractivity contribution in [3.63, 3.8) is 0 Å². The van der Waals surface area contributed by atoms with E-state index in [0.717, 1.165) is 12.0 Å². The Morgan fingerprint density at radius 1 is 1.24 bits per heavy atom. The van der Waals surface area contributed by atoms with Gasteiger partial charge in [0.1, 0.15) is 0 Å². The van der Waals surface area contributed by atoms with Crippen molar-refractivity contribution in [3.05, 3.63) is 35.4 Å². The lowest BCUT2D eigenvalue weighted by Gasteiger charge is -2.36. The van der Waals surface area contributed by atoms with E-state index in [-0.39, 0.29) is 12.4 Å². The van der Waals surface area contributed by atoms with Gasteiger partial charge in [-0.1, -0.05) is 37.6 Å². The van der Waals surface area contributed by atoms with Crippen LogP contribution >= 0.6 is 0 Å². The Bertz CT molecular complexity index is 590. The molecule has 2 atom stereocenters. The molecule has 0 aliphatic heterocycles. The Morgan fingerprint density at radius 2 is 1.90 bits per heavy atom. The van der Waals surface area contributed by atoms with E-state index in [1.165, 1.54) is 0 Å². The van der Waals surface area contributed by atoms with Crippen molar-refractivity contribution in [1.82, 2.24) is 0 Å². The first kappa shape index (κ1) is 15.4. The van der Waals surface area contributed by atoms with E-state index in [1.54, 1.807) is 19.1 Å². The highest BCUT2D eigenvalue weighted by Crippen LogP contribution is 2.40. The van der Waals surface area contributed by atoms with Crippen molar-refractivity contribution < 1.29 is 19.1 Å². The second kappa shape index (κ2) is 5.80. The molecule has 4 heteroatoms. The fourth-order valence-electron chi connectivity index (χ4n) is 3.10. The highest BCUT2D eigenvalue weighted by Gasteiger charge is 2.51. The molecule has 0 radical (unpaired) electrons. The van der Waals surface area contributed by atoms with Gasteiger partial charge in [-0.2, -0.15) is 0 Å². The minimum absolute atomic E-state index is 0.155. The number of hydrogen-bond donors (Lipinski definition) is 0. The summed E-state index contributed by atoms with van der Waals surface area (Å²) in [6.45, 7) is 5.62. The third kappa shape index (κ3) is 2.39. The molecule has 0 spiro atoms. The lowest BCUT2D eigenvalue weighted by Crippen LogP contribution is -2.49. The number of Topliss-reactive ketones (excluding diaryl/α,β-unsaturated/α-hetero) is 2. The summed E-state index contributed by atoms with van der Waals surface area (Å²) in [6.07, 6.45) is 1.40. The van der Waals surface area contributed by atoms with Crippen molar-refractivity contribution in [2.24, 2.45) is 5.92 Å². The van der Waals surface area contributed by atoms with E-state index < -0.39 is 23.1 Å². The summed E-state index contributed by atoms with van der Waals surface area (Å²) in [5, 5.41) is 0. The molecule has 1 aliphatic carbocycles. The lowest BCUT2D eigenvalue weighted by molar-refractivity contribution is -0.151. The summed E-state index contributed by atoms with van der Waals surface area (Å²) < 4.78 is 4.93. The van der Waals surface area contributed by atoms with Crippen LogP contribution in [0.5, 0.6) is 0 Å². The van der Waals surface area contributed by atoms with Gasteiger partial charge < -0.3 is 4.74 Å². The maximum absolute atomic E-state index is 12.8. The van der Waals surface area contributed by atoms with E-state index in [0.29, 0.717) is 12.0 Å². The van der Waals surface area contributed by atoms with Crippen molar-refractivity contribution in [1.29, 1.82) is 0 Å². The molecule has 21 heavy (non-hydrogen) atoms. The third-order valence-electron chi connectivity index (χ3n) is 4.13. The minimum Gasteiger partial charge on any atom is -0.465 e. The second-order valence-corrected chi connectivity index (χ2v) is 5.54. The standard InChI is InChI=1S/C17H20O4/c1-4-10-17(3)12-9-7-6-8-11(12)14(18)13(15(17)19)16(20)21-5-2/h6-9,13H,4-5,10H2,1-3H3. The molecule has 4 nitrogen and oxygen atoms in total. The van der Waals surface area contributed by atoms with Gasteiger partial charge in [-0.25, -0.2) is 0 Å². The second-order valence-electron chi connectivity index (χ2n) is 5.54. The van der Waals surface area contributed by atoms with Crippen LogP contribution in [0, 0.1) is 5.92 Å². The number of carbonyl (C=O) groups excluding carboxylic acids is 3. The Balaban J connectivity index is 2.58. The SMILES string of the molecule is CCCC1(C)C(=O)C(C(=O)OCC)C(=O)c2ccccc21. The molecule has 2 unspecified atom stereocenters. The van der Waals surface area contributed by atoms with Gasteiger partial charge in [-0.15, -0.1) is 0 Å². The zero-order valence-electron chi connectivity index (χ0n) is 12.6. The summed E-state index contributed by atoms with van der Waals surface area (Å²) in [6, 6.07) is 7.06. The van der Waals surface area contributed by atoms with E-state index in [2.05, 4.69) is 0 Å². The molecular formula is C17H20O4. The van der Waals surface area contributed by atoms with Crippen LogP contribution in [0.15, 0.2) is 24.3 Å². The summed E-state index contributed by atoms with van der Waals surface area (Å²) in [5.41, 5.74) is 0.380. The highest BCUT2D eigenvalue weighted by molar-refractivity contribution is 6.28. The van der Waals surface area contributed by atoms with Crippen LogP contribution in [0.25, 0.3) is 0 Å². The molecule has 0 fully saturated rings. The molecule has 0 aromatic heterocycles. The first-order valence-corrected chi connectivity index (χ1v) is 7.32. The van der Waals surface area contributed by atoms with Crippen LogP contribution in [-0.2, 0) is 19.7 Å². The first-order chi connectivity index (χ1) is 9.97. The average Bonchev–Trinajstić information content (AvgIpc) is 2.46. The predicted molar refractivity (Wildman–Crippen MR) is 78.2 cm³/mol. The normalized spacial score (nSPS) is 24.6. The van der Waals surface area contributed by atoms with Gasteiger partial charge in [-0.3, -0.25) is 14.4 Å². The number of ether oxygens (including phenoxy) is 1. The highest BCUT2D eigenvalue weighted by atomic mass is 16.5. The van der Waals surface area contributed by atoms with Crippen molar-refractivity contribution in [2.45, 2.75) is 39.0 Å². The van der Waals surface area contributed by atoms with Crippen molar-refractivity contribution in [3.8, 4) is 0 Å². The fourth-order valence-corrected chi connectivity index (χ4v) is 3.10. The third-order valence-corrected chi connectivity index (χ3v) is 4.13. The van der Waals surface area contributed by atoms with Crippen LogP contribution in [-0.4, -0.2) is 24.1 Å². The van der Waals surface area contributed by atoms with Gasteiger partial charge in [0.2, 0.25) is 0 Å². The molecule has 112 valence electrons. The summed E-state index contributed by atoms with van der Waals surface area (Å²) in [4.78, 5) is 37.4. The number of hydrogen-bond acceptors (Lipinski definition) is 4. The molecule has 0 bridgehead atoms. The van der Waals surface area contributed by atoms with Crippen LogP contribution in [0.4, 0.5) is 0 Å². The monoisotopic (exact) mass is 288 g/mol. The van der Waals surface area contributed by atoms with Gasteiger partial charge in [0.25, 0.3) is 0 Å². The van der Waals surface area contributed by atoms with Gasteiger partial charge in [0, 0.05) is 5.56 Å². The van der Waals surface area contributed by atoms with E-state index in [1.807, 2.05) is 26.0 Å². The molecular weight excluding hydrogens is 268 g/mol. The average molecular weight is 288 g/mol. The molecule has 0 saturated carbocycles. The van der Waals surface area contributed by atoms with E-state index in [4.69, 9.17) is 4.74 Å². The number of carbonyl (C=O) groups is 3. The Labute approximate surface area is 124 Å². The smallest absolute Gasteiger partial charge is 0.324 e. The van der Waals surface area contributed by atoms with Gasteiger partial charge in [0.05, 0.1) is 12.0 Å². The number of fused-ring (bicyclic) bond motifs is 1. The molecule has 0 amide bonds. The number of esters is 1. The van der Waals surface area contributed by atoms with Crippen LogP contribution in [0.1, 0.15) is 49.5 Å². The van der Waals surface area contributed by atoms with Crippen molar-refractivity contribution in [2.75, 3.05) is 6.61 Å². The van der Waals surface area contributed by atoms with Gasteiger partial charge >= 0.3 is 5.97 Å². The number of ketones is 2. The summed E-state index contributed by atoms with van der Waals surface area (Å²) in [7, 11) is 0. The van der Waals surface area contributed by atoms with Crippen LogP contribution in [0.2, 0.25) is 0 Å². The van der Waals surface area contributed by atoms with Crippen LogP contribution < -0.4 is 0 Å². The molecule has 0 saturated heterocycles. The largest absolute Gasteiger partial charge is 0.465 e. The molecule has 1 aliphatic rings. The summed E-state index contributed by atoms with van der Waals surface area (Å²) in [5.74, 6) is -2.84. The number of rotatable bonds is 4. The molecule has 2 rings (SSSR count). The van der Waals surface area contributed by atoms with E-state index in [9.17, 15) is 14.4 Å². The first-order valence-electron chi connectivity index (χ1n) is 7.32. The molecule has 1 aromatic rings. The molecule has 0 N–H and O–H groups in total. The lowest BCUT2D eigenvalue weighted by atomic mass is 9.64. The Kier molecular flexibility index (Phi) is 4.26. The predicted octanol–water partition coefficient (Wildman–Crippen LogP) is 2.69. The van der Waals surface area contributed by atoms with Gasteiger partial charge in [0.15, 0.2) is 17.5 Å². The minimum atomic E-state index is -1.32. The van der Waals surface area contributed by atoms with Crippen LogP contribution in [0.3, 0.4) is 0 Å². The van der Waals surface area contributed by atoms with Gasteiger partial charge in [-0.05, 0) is 25.8 Å².